The fraction of sp³-hybridized carbons (Fsp3) is 0.250. The number of aromatic nitrogens is 4. The maximum Gasteiger partial charge on any atom is 0.254 e. The Morgan fingerprint density at radius 1 is 1.26 bits per heavy atom. The molecule has 1 aliphatic rings. The number of aryl methyl sites for hydroxylation is 1. The first kappa shape index (κ1) is 21.7. The van der Waals surface area contributed by atoms with Crippen molar-refractivity contribution in [1.82, 2.24) is 24.5 Å². The Bertz CT molecular complexity index is 1370. The minimum absolute atomic E-state index is 0.223. The minimum atomic E-state index is -0.223. The van der Waals surface area contributed by atoms with Gasteiger partial charge in [-0.05, 0) is 48.9 Å². The van der Waals surface area contributed by atoms with Crippen molar-refractivity contribution in [3.63, 3.8) is 0 Å². The molecule has 1 amide bonds. The molecule has 0 aliphatic heterocycles. The van der Waals surface area contributed by atoms with Crippen LogP contribution in [0.3, 0.4) is 0 Å². The fourth-order valence-electron chi connectivity index (χ4n) is 4.05. The van der Waals surface area contributed by atoms with E-state index < -0.39 is 0 Å². The van der Waals surface area contributed by atoms with Crippen LogP contribution in [0, 0.1) is 6.92 Å². The number of benzene rings is 1. The van der Waals surface area contributed by atoms with E-state index in [-0.39, 0.29) is 5.91 Å². The Balaban J connectivity index is 1.25. The molecule has 1 saturated carbocycles. The van der Waals surface area contributed by atoms with Crippen molar-refractivity contribution in [3.8, 4) is 0 Å². The number of anilines is 1. The summed E-state index contributed by atoms with van der Waals surface area (Å²) in [5, 5.41) is 12.1. The molecule has 5 rings (SSSR count). The molecule has 174 valence electrons. The summed E-state index contributed by atoms with van der Waals surface area (Å²) >= 11 is 0. The zero-order valence-corrected chi connectivity index (χ0v) is 18.9. The van der Waals surface area contributed by atoms with Crippen LogP contribution >= 0.6 is 0 Å². The van der Waals surface area contributed by atoms with Crippen LogP contribution < -0.4 is 22.0 Å². The van der Waals surface area contributed by atoms with Crippen LogP contribution in [0.1, 0.15) is 51.5 Å². The lowest BCUT2D eigenvalue weighted by molar-refractivity contribution is 0.0951. The number of hydrazone groups is 1. The average Bonchev–Trinajstić information content (AvgIpc) is 3.44. The molecule has 0 radical (unpaired) electrons. The third-order valence-corrected chi connectivity index (χ3v) is 5.94. The smallest absolute Gasteiger partial charge is 0.254 e. The monoisotopic (exact) mass is 457 g/mol. The maximum absolute atomic E-state index is 12.7. The van der Waals surface area contributed by atoms with E-state index in [9.17, 15) is 4.79 Å². The maximum atomic E-state index is 12.7. The predicted molar refractivity (Wildman–Crippen MR) is 130 cm³/mol. The molecule has 1 fully saturated rings. The van der Waals surface area contributed by atoms with Crippen molar-refractivity contribution in [1.29, 1.82) is 0 Å². The second-order valence-electron chi connectivity index (χ2n) is 8.65. The number of amides is 1. The zero-order chi connectivity index (χ0) is 23.7. The summed E-state index contributed by atoms with van der Waals surface area (Å²) in [6.45, 7) is 2.75. The largest absolute Gasteiger partial charge is 0.348 e. The van der Waals surface area contributed by atoms with E-state index in [0.29, 0.717) is 30.3 Å². The van der Waals surface area contributed by atoms with Gasteiger partial charge in [-0.1, -0.05) is 23.8 Å². The summed E-state index contributed by atoms with van der Waals surface area (Å²) in [6.07, 6.45) is 11.3. The lowest BCUT2D eigenvalue weighted by Gasteiger charge is -2.17. The van der Waals surface area contributed by atoms with Gasteiger partial charge in [0.25, 0.3) is 5.91 Å². The predicted octanol–water partition coefficient (Wildman–Crippen LogP) is 2.28. The van der Waals surface area contributed by atoms with Gasteiger partial charge < -0.3 is 15.6 Å². The Morgan fingerprint density at radius 2 is 2.12 bits per heavy atom. The molecule has 0 atom stereocenters. The Morgan fingerprint density at radius 3 is 2.91 bits per heavy atom. The SMILES string of the molecule is Cc1ccc(N(N)/C=N\N)c(CNC(=O)c2cnn(Cc3cn4cc(C5CC5)ccc4n3)c2)c1. The quantitative estimate of drug-likeness (QED) is 0.161. The van der Waals surface area contributed by atoms with Gasteiger partial charge in [-0.15, -0.1) is 0 Å². The molecule has 0 bridgehead atoms. The van der Waals surface area contributed by atoms with Crippen molar-refractivity contribution in [3.05, 3.63) is 83.1 Å². The van der Waals surface area contributed by atoms with E-state index >= 15 is 0 Å². The number of imidazole rings is 1. The number of pyridine rings is 1. The Kier molecular flexibility index (Phi) is 5.72. The van der Waals surface area contributed by atoms with Gasteiger partial charge in [0.05, 0.1) is 29.7 Å². The molecule has 10 nitrogen and oxygen atoms in total. The van der Waals surface area contributed by atoms with Crippen LogP contribution in [0.15, 0.2) is 60.2 Å². The number of nitrogens with two attached hydrogens (primary N) is 2. The lowest BCUT2D eigenvalue weighted by atomic mass is 10.1. The van der Waals surface area contributed by atoms with E-state index in [2.05, 4.69) is 43.2 Å². The van der Waals surface area contributed by atoms with E-state index in [1.165, 1.54) is 29.8 Å². The first-order valence-electron chi connectivity index (χ1n) is 11.1. The van der Waals surface area contributed by atoms with Gasteiger partial charge in [0.2, 0.25) is 0 Å². The Hall–Kier alpha value is -4.18. The molecule has 3 heterocycles. The fourth-order valence-corrected chi connectivity index (χ4v) is 4.05. The normalized spacial score (nSPS) is 13.6. The van der Waals surface area contributed by atoms with Crippen molar-refractivity contribution in [2.24, 2.45) is 16.8 Å². The van der Waals surface area contributed by atoms with Crippen molar-refractivity contribution >= 4 is 23.6 Å². The lowest BCUT2D eigenvalue weighted by Crippen LogP contribution is -2.32. The van der Waals surface area contributed by atoms with Crippen LogP contribution in [-0.2, 0) is 13.1 Å². The summed E-state index contributed by atoms with van der Waals surface area (Å²) in [5.41, 5.74) is 6.23. The minimum Gasteiger partial charge on any atom is -0.348 e. The number of fused-ring (bicyclic) bond motifs is 1. The molecule has 1 aliphatic carbocycles. The summed E-state index contributed by atoms with van der Waals surface area (Å²) in [4.78, 5) is 17.4. The third kappa shape index (κ3) is 4.62. The van der Waals surface area contributed by atoms with E-state index in [0.717, 1.165) is 22.5 Å². The van der Waals surface area contributed by atoms with Crippen molar-refractivity contribution in [2.45, 2.75) is 38.8 Å². The van der Waals surface area contributed by atoms with Crippen LogP contribution in [0.5, 0.6) is 0 Å². The van der Waals surface area contributed by atoms with Crippen molar-refractivity contribution in [2.75, 3.05) is 5.01 Å². The van der Waals surface area contributed by atoms with Crippen LogP contribution in [0.25, 0.3) is 5.65 Å². The zero-order valence-electron chi connectivity index (χ0n) is 18.9. The number of hydrogen-bond donors (Lipinski definition) is 3. The van der Waals surface area contributed by atoms with Crippen LogP contribution in [0.2, 0.25) is 0 Å². The summed E-state index contributed by atoms with van der Waals surface area (Å²) in [6, 6.07) is 9.97. The molecule has 10 heteroatoms. The first-order chi connectivity index (χ1) is 16.5. The van der Waals surface area contributed by atoms with E-state index in [1.807, 2.05) is 31.3 Å². The summed E-state index contributed by atoms with van der Waals surface area (Å²) in [7, 11) is 0. The highest BCUT2D eigenvalue weighted by atomic mass is 16.1. The first-order valence-corrected chi connectivity index (χ1v) is 11.1. The standard InChI is InChI=1S/C24H27N9O/c1-16-2-6-22(33(26)15-28-25)19(8-16)9-27-24(34)20-10-29-32(12-20)14-21-13-31-11-18(17-3-4-17)5-7-23(31)30-21/h2,5-8,10-13,15,17H,3-4,9,14,25-26H2,1H3,(H,27,34)/b28-15-. The number of nitrogens with one attached hydrogen (secondary N) is 1. The van der Waals surface area contributed by atoms with Gasteiger partial charge in [0.1, 0.15) is 12.0 Å². The second kappa shape index (κ2) is 8.99. The number of carbonyl (C=O) groups is 1. The van der Waals surface area contributed by atoms with Gasteiger partial charge in [-0.2, -0.15) is 10.2 Å². The topological polar surface area (TPSA) is 132 Å². The number of nitrogens with zero attached hydrogens (tertiary/aromatic N) is 6. The highest BCUT2D eigenvalue weighted by Crippen LogP contribution is 2.39. The molecule has 4 aromatic rings. The molecular weight excluding hydrogens is 430 g/mol. The Labute approximate surface area is 196 Å². The molecule has 1 aromatic carbocycles. The third-order valence-electron chi connectivity index (χ3n) is 5.94. The van der Waals surface area contributed by atoms with Gasteiger partial charge in [0, 0.05) is 25.1 Å². The molecule has 0 saturated heterocycles. The molecule has 34 heavy (non-hydrogen) atoms. The van der Waals surface area contributed by atoms with Crippen molar-refractivity contribution < 1.29 is 4.79 Å². The summed E-state index contributed by atoms with van der Waals surface area (Å²) < 4.78 is 3.78. The molecule has 0 spiro atoms. The van der Waals surface area contributed by atoms with Gasteiger partial charge in [-0.3, -0.25) is 14.5 Å². The number of hydrazine groups is 1. The van der Waals surface area contributed by atoms with Crippen LogP contribution in [-0.4, -0.2) is 31.4 Å². The molecule has 0 unspecified atom stereocenters. The number of hydrogen-bond acceptors (Lipinski definition) is 6. The number of rotatable bonds is 8. The molecule has 3 aromatic heterocycles. The summed E-state index contributed by atoms with van der Waals surface area (Å²) in [5.74, 6) is 11.7. The number of carbonyl (C=O) groups excluding carboxylic acids is 1. The van der Waals surface area contributed by atoms with E-state index in [4.69, 9.17) is 11.7 Å². The van der Waals surface area contributed by atoms with Gasteiger partial charge >= 0.3 is 0 Å². The average molecular weight is 458 g/mol. The molecule has 5 N–H and O–H groups in total. The van der Waals surface area contributed by atoms with E-state index in [1.54, 1.807) is 17.1 Å². The molecular formula is C24H27N9O. The van der Waals surface area contributed by atoms with Gasteiger partial charge in [-0.25, -0.2) is 10.8 Å². The second-order valence-corrected chi connectivity index (χ2v) is 8.65. The van der Waals surface area contributed by atoms with Crippen LogP contribution in [0.4, 0.5) is 5.69 Å². The van der Waals surface area contributed by atoms with Gasteiger partial charge in [0.15, 0.2) is 0 Å². The highest BCUT2D eigenvalue weighted by molar-refractivity contribution is 5.93. The highest BCUT2D eigenvalue weighted by Gasteiger charge is 2.23.